The third-order valence-electron chi connectivity index (χ3n) is 6.54. The molecule has 0 nitrogen and oxygen atoms in total. The predicted octanol–water partition coefficient (Wildman–Crippen LogP) is 31.1. The zero-order valence-electron chi connectivity index (χ0n) is 29.8. The summed E-state index contributed by atoms with van der Waals surface area (Å²) in [6.07, 6.45) is 0. The van der Waals surface area contributed by atoms with Crippen LogP contribution in [-0.4, -0.2) is 0 Å². The highest BCUT2D eigenvalue weighted by atomic mass is 33.1. The average molecular weight is 1480 g/mol. The Kier molecular flexibility index (Phi) is 9.76. The topological polar surface area (TPSA) is 0 Å². The van der Waals surface area contributed by atoms with Gasteiger partial charge in [-0.25, -0.2) is 0 Å². The first kappa shape index (κ1) is 69.2. The predicted molar refractivity (Wildman–Crippen MR) is 179 cm³/mol. The molecule has 2 rings (SSSR count). The summed E-state index contributed by atoms with van der Waals surface area (Å²) in [4.78, 5) is -105. The highest BCUT2D eigenvalue weighted by molar-refractivity contribution is 8.77. The van der Waals surface area contributed by atoms with Crippen molar-refractivity contribution in [1.29, 1.82) is 0 Å². The lowest BCUT2D eigenvalue weighted by Crippen LogP contribution is -2.29. The minimum Gasteiger partial charge on any atom is -0.0935 e. The molecular formula is C12F50S12. The van der Waals surface area contributed by atoms with Crippen molar-refractivity contribution in [2.75, 3.05) is 0 Å². The first-order valence-corrected chi connectivity index (χ1v) is 35.0. The van der Waals surface area contributed by atoms with Crippen LogP contribution in [-0.2, 0) is 0 Å². The van der Waals surface area contributed by atoms with Gasteiger partial charge in [-0.3, -0.25) is 0 Å². The van der Waals surface area contributed by atoms with Crippen LogP contribution in [0.5, 0.6) is 0 Å². The number of hydrogen-bond donors (Lipinski definition) is 0. The van der Waals surface area contributed by atoms with Crippen molar-refractivity contribution in [2.24, 2.45) is 0 Å². The molecule has 0 unspecified atom stereocenters. The molecule has 2 aromatic carbocycles. The summed E-state index contributed by atoms with van der Waals surface area (Å²) >= 11 is 0. The summed E-state index contributed by atoms with van der Waals surface area (Å²) in [5, 5.41) is 0. The van der Waals surface area contributed by atoms with Crippen LogP contribution in [0.1, 0.15) is 0 Å². The van der Waals surface area contributed by atoms with E-state index < -0.39 is 183 Å². The second-order valence-corrected chi connectivity index (χ2v) is 39.4. The normalized spacial score (nSPS) is 24.7. The third kappa shape index (κ3) is 15.1. The van der Waals surface area contributed by atoms with E-state index in [0.717, 1.165) is 0 Å². The van der Waals surface area contributed by atoms with Crippen LogP contribution in [0.15, 0.2) is 58.7 Å². The van der Waals surface area contributed by atoms with E-state index in [9.17, 15) is 194 Å². The molecule has 470 valence electrons. The Morgan fingerprint density at radius 1 is 0.122 bits per heavy atom. The molecule has 0 amide bonds. The van der Waals surface area contributed by atoms with Crippen LogP contribution >= 0.6 is 124 Å². The maximum Gasteiger partial charge on any atom is 0.313 e. The summed E-state index contributed by atoms with van der Waals surface area (Å²) in [7, 11) is -170. The van der Waals surface area contributed by atoms with Gasteiger partial charge < -0.3 is 0 Å². The molecule has 0 aromatic heterocycles. The van der Waals surface area contributed by atoms with E-state index in [2.05, 4.69) is 0 Å². The van der Waals surface area contributed by atoms with E-state index in [0.29, 0.717) is 0 Å². The fraction of sp³-hybridized carbons (Fsp3) is 0. The largest absolute Gasteiger partial charge is 0.313 e. The molecule has 0 atom stereocenters. The standard InChI is InChI=1S/C12F50S12/c13-65(14,15,16,17)3-1(4(66(18,19,20,21)22)8(70(38,39,40,41)42)11(73(53,54,55,56)57)7(3)69(33,34,35,36)37)63-64-2-5(67(23,24,25,26)27)9(71(43,44,45,46)47)12(74(58,59,60,61)62)10(72(48,49,50,51)52)6(2)68(28,29,30,31)32. The van der Waals surface area contributed by atoms with E-state index in [4.69, 9.17) is 0 Å². The summed E-state index contributed by atoms with van der Waals surface area (Å²) in [6, 6.07) is 0. The van der Waals surface area contributed by atoms with Crippen molar-refractivity contribution >= 4 is 124 Å². The molecule has 0 fully saturated rings. The Balaban J connectivity index is 4.66. The van der Waals surface area contributed by atoms with E-state index in [1.54, 1.807) is 0 Å². The number of rotatable bonds is 13. The zero-order valence-corrected chi connectivity index (χ0v) is 39.6. The Morgan fingerprint density at radius 2 is 0.189 bits per heavy atom. The lowest BCUT2D eigenvalue weighted by molar-refractivity contribution is 0.289. The first-order chi connectivity index (χ1) is 28.1. The van der Waals surface area contributed by atoms with Gasteiger partial charge in [0.15, 0.2) is 29.4 Å². The van der Waals surface area contributed by atoms with E-state index in [-0.39, 0.29) is 0 Å². The Bertz CT molecular complexity index is 2610. The minimum atomic E-state index is -15.8. The average Bonchev–Trinajstić information content (AvgIpc) is 2.74. The molecule has 62 heteroatoms. The van der Waals surface area contributed by atoms with Gasteiger partial charge in [0.2, 0.25) is 0 Å². The molecule has 0 aliphatic heterocycles. The van der Waals surface area contributed by atoms with Crippen molar-refractivity contribution in [3.8, 4) is 0 Å². The van der Waals surface area contributed by atoms with Crippen LogP contribution in [0.4, 0.5) is 194 Å². The molecule has 0 saturated carbocycles. The molecule has 0 aliphatic rings. The van der Waals surface area contributed by atoms with Gasteiger partial charge in [-0.05, 0) is 21.6 Å². The summed E-state index contributed by atoms with van der Waals surface area (Å²) in [5.41, 5.74) is 0. The van der Waals surface area contributed by atoms with Crippen LogP contribution in [0.25, 0.3) is 0 Å². The molecular weight excluding hydrogens is 1480 g/mol. The minimum absolute atomic E-state index is 5.79. The lowest BCUT2D eigenvalue weighted by Gasteiger charge is -2.57. The molecule has 0 saturated heterocycles. The van der Waals surface area contributed by atoms with Crippen molar-refractivity contribution in [3.05, 3.63) is 0 Å². The van der Waals surface area contributed by atoms with Crippen LogP contribution in [0.2, 0.25) is 0 Å². The molecule has 0 aliphatic carbocycles. The Hall–Kier alpha value is -0.860. The smallest absolute Gasteiger partial charge is 0.0935 e. The molecule has 2 aromatic rings. The Morgan fingerprint density at radius 3 is 0.257 bits per heavy atom. The first-order valence-electron chi connectivity index (χ1n) is 13.3. The van der Waals surface area contributed by atoms with Gasteiger partial charge in [0.25, 0.3) is 0 Å². The zero-order chi connectivity index (χ0) is 62.4. The van der Waals surface area contributed by atoms with E-state index >= 15 is 0 Å². The number of hydrogen-bond acceptors (Lipinski definition) is 2. The third-order valence-corrected chi connectivity index (χ3v) is 22.4. The maximum atomic E-state index is 14.2. The molecule has 0 spiro atoms. The monoisotopic (exact) mass is 1480 g/mol. The van der Waals surface area contributed by atoms with Crippen molar-refractivity contribution in [1.82, 2.24) is 0 Å². The summed E-state index contributed by atoms with van der Waals surface area (Å²) in [5.74, 6) is 0. The van der Waals surface area contributed by atoms with Gasteiger partial charge in [0.05, 0.1) is 9.79 Å². The van der Waals surface area contributed by atoms with Gasteiger partial charge >= 0.3 is 102 Å². The van der Waals surface area contributed by atoms with Gasteiger partial charge in [-0.15, -0.1) is 0 Å². The van der Waals surface area contributed by atoms with E-state index in [1.165, 1.54) is 0 Å². The molecule has 74 heavy (non-hydrogen) atoms. The van der Waals surface area contributed by atoms with Crippen molar-refractivity contribution in [3.63, 3.8) is 0 Å². The SMILES string of the molecule is FS(F)(F)(F)(F)c1c(SSc2c(S(F)(F)(F)(F)F)c(S(F)(F)(F)(F)F)c(S(F)(F)(F)(F)F)c(S(F)(F)(F)(F)F)c2S(F)(F)(F)(F)F)c(S(F)(F)(F)(F)F)c(S(F)(F)(F)(F)F)c(S(F)(F)(F)(F)F)c1S(F)(F)(F)(F)F. The second-order valence-electron chi connectivity index (χ2n) is 13.8. The van der Waals surface area contributed by atoms with Gasteiger partial charge in [0.1, 0.15) is 19.6 Å². The quantitative estimate of drug-likeness (QED) is 0.145. The lowest BCUT2D eigenvalue weighted by atomic mass is 10.3. The molecule has 0 radical (unpaired) electrons. The summed E-state index contributed by atoms with van der Waals surface area (Å²) < 4.78 is 704. The highest BCUT2D eigenvalue weighted by Gasteiger charge is 2.92. The molecule has 0 N–H and O–H groups in total. The number of benzene rings is 2. The van der Waals surface area contributed by atoms with Gasteiger partial charge in [-0.1, -0.05) is 194 Å². The van der Waals surface area contributed by atoms with Crippen molar-refractivity contribution < 1.29 is 194 Å². The summed E-state index contributed by atoms with van der Waals surface area (Å²) in [6.45, 7) is 0. The highest BCUT2D eigenvalue weighted by Crippen LogP contribution is 3.22. The number of halogens is 50. The molecule has 0 bridgehead atoms. The second kappa shape index (κ2) is 10.4. The van der Waals surface area contributed by atoms with Crippen LogP contribution in [0.3, 0.4) is 0 Å². The van der Waals surface area contributed by atoms with E-state index in [1.807, 2.05) is 0 Å². The van der Waals surface area contributed by atoms with Crippen LogP contribution in [0, 0.1) is 0 Å². The molecule has 0 heterocycles. The fourth-order valence-corrected chi connectivity index (χ4v) is 27.8. The van der Waals surface area contributed by atoms with Crippen molar-refractivity contribution in [2.45, 2.75) is 58.7 Å². The fourth-order valence-electron chi connectivity index (χ4n) is 4.98. The van der Waals surface area contributed by atoms with Gasteiger partial charge in [0, 0.05) is 0 Å². The Labute approximate surface area is 375 Å². The maximum absolute atomic E-state index is 15.8. The van der Waals surface area contributed by atoms with Crippen LogP contribution < -0.4 is 0 Å². The van der Waals surface area contributed by atoms with Gasteiger partial charge in [-0.2, -0.15) is 0 Å².